The molecule has 2 bridgehead atoms. The van der Waals surface area contributed by atoms with Crippen molar-refractivity contribution in [2.45, 2.75) is 31.8 Å². The molecule has 0 aromatic heterocycles. The largest absolute Gasteiger partial charge is 0.457 e. The molecule has 1 saturated carbocycles. The predicted octanol–water partition coefficient (Wildman–Crippen LogP) is 1.90. The molecule has 1 saturated heterocycles. The number of esters is 1. The third-order valence-electron chi connectivity index (χ3n) is 3.79. The van der Waals surface area contributed by atoms with Gasteiger partial charge in [-0.05, 0) is 24.8 Å². The lowest BCUT2D eigenvalue weighted by Crippen LogP contribution is -2.48. The number of carbonyl (C=O) groups excluding carboxylic acids is 1. The summed E-state index contributed by atoms with van der Waals surface area (Å²) < 4.78 is 5.33. The van der Waals surface area contributed by atoms with E-state index in [0.29, 0.717) is 11.8 Å². The molecule has 70 valence electrons. The van der Waals surface area contributed by atoms with Gasteiger partial charge in [0.1, 0.15) is 6.10 Å². The van der Waals surface area contributed by atoms with E-state index in [9.17, 15) is 4.79 Å². The Balaban J connectivity index is 1.95. The van der Waals surface area contributed by atoms with Crippen LogP contribution in [-0.4, -0.2) is 12.1 Å². The standard InChI is InChI=1S/C11H14O2/c12-11-9-5-6-10(13-11)8-4-2-1-3-7(8)9/h5-10H,1-4H2. The fourth-order valence-corrected chi connectivity index (χ4v) is 3.15. The molecule has 0 radical (unpaired) electrons. The van der Waals surface area contributed by atoms with E-state index in [1.807, 2.05) is 0 Å². The van der Waals surface area contributed by atoms with Crippen molar-refractivity contribution in [1.82, 2.24) is 0 Å². The summed E-state index contributed by atoms with van der Waals surface area (Å²) in [5.41, 5.74) is 0. The zero-order valence-electron chi connectivity index (χ0n) is 7.61. The molecular weight excluding hydrogens is 164 g/mol. The molecule has 0 amide bonds. The SMILES string of the molecule is O=C1OC2C=CC1C1CCCCC21. The fraction of sp³-hybridized carbons (Fsp3) is 0.727. The average Bonchev–Trinajstić information content (AvgIpc) is 2.19. The van der Waals surface area contributed by atoms with Crippen LogP contribution >= 0.6 is 0 Å². The molecule has 2 heterocycles. The number of rotatable bonds is 0. The van der Waals surface area contributed by atoms with Gasteiger partial charge in [-0.15, -0.1) is 0 Å². The first kappa shape index (κ1) is 7.60. The Kier molecular flexibility index (Phi) is 1.52. The van der Waals surface area contributed by atoms with E-state index in [-0.39, 0.29) is 18.0 Å². The Morgan fingerprint density at radius 2 is 1.92 bits per heavy atom. The van der Waals surface area contributed by atoms with E-state index < -0.39 is 0 Å². The summed E-state index contributed by atoms with van der Waals surface area (Å²) in [7, 11) is 0. The molecule has 2 aliphatic carbocycles. The van der Waals surface area contributed by atoms with Crippen molar-refractivity contribution in [3.8, 4) is 0 Å². The van der Waals surface area contributed by atoms with Crippen LogP contribution in [0.25, 0.3) is 0 Å². The topological polar surface area (TPSA) is 26.3 Å². The van der Waals surface area contributed by atoms with Gasteiger partial charge in [0, 0.05) is 5.92 Å². The normalized spacial score (nSPS) is 47.2. The summed E-state index contributed by atoms with van der Waals surface area (Å²) >= 11 is 0. The monoisotopic (exact) mass is 178 g/mol. The molecule has 2 fully saturated rings. The first-order valence-electron chi connectivity index (χ1n) is 5.25. The summed E-state index contributed by atoms with van der Waals surface area (Å²) in [6.45, 7) is 0. The van der Waals surface area contributed by atoms with Gasteiger partial charge in [0.2, 0.25) is 0 Å². The van der Waals surface area contributed by atoms with Gasteiger partial charge in [0.05, 0.1) is 5.92 Å². The average molecular weight is 178 g/mol. The maximum atomic E-state index is 11.4. The van der Waals surface area contributed by atoms with Gasteiger partial charge < -0.3 is 4.74 Å². The first-order valence-corrected chi connectivity index (χ1v) is 5.25. The number of hydrogen-bond donors (Lipinski definition) is 0. The van der Waals surface area contributed by atoms with Crippen LogP contribution < -0.4 is 0 Å². The zero-order chi connectivity index (χ0) is 8.84. The fourth-order valence-electron chi connectivity index (χ4n) is 3.15. The zero-order valence-corrected chi connectivity index (χ0v) is 7.61. The third-order valence-corrected chi connectivity index (χ3v) is 3.79. The summed E-state index contributed by atoms with van der Waals surface area (Å²) in [5.74, 6) is 1.36. The first-order chi connectivity index (χ1) is 6.36. The third kappa shape index (κ3) is 0.976. The Bertz CT molecular complexity index is 269. The highest BCUT2D eigenvalue weighted by Crippen LogP contribution is 2.46. The molecule has 2 heteroatoms. The lowest BCUT2D eigenvalue weighted by atomic mass is 9.65. The molecule has 2 nitrogen and oxygen atoms in total. The molecule has 4 aliphatic rings. The van der Waals surface area contributed by atoms with Crippen LogP contribution in [-0.2, 0) is 9.53 Å². The van der Waals surface area contributed by atoms with Crippen molar-refractivity contribution in [3.05, 3.63) is 12.2 Å². The van der Waals surface area contributed by atoms with E-state index >= 15 is 0 Å². The number of fused-ring (bicyclic) bond motifs is 1. The maximum absolute atomic E-state index is 11.4. The van der Waals surface area contributed by atoms with Crippen molar-refractivity contribution < 1.29 is 9.53 Å². The van der Waals surface area contributed by atoms with Crippen LogP contribution in [0.2, 0.25) is 0 Å². The highest BCUT2D eigenvalue weighted by molar-refractivity contribution is 5.77. The lowest BCUT2D eigenvalue weighted by Gasteiger charge is -2.45. The van der Waals surface area contributed by atoms with Crippen LogP contribution in [0.4, 0.5) is 0 Å². The molecule has 0 aromatic rings. The van der Waals surface area contributed by atoms with E-state index in [1.54, 1.807) is 0 Å². The van der Waals surface area contributed by atoms with E-state index in [4.69, 9.17) is 4.74 Å². The van der Waals surface area contributed by atoms with Crippen molar-refractivity contribution in [3.63, 3.8) is 0 Å². The Morgan fingerprint density at radius 1 is 1.15 bits per heavy atom. The molecule has 0 spiro atoms. The Morgan fingerprint density at radius 3 is 2.69 bits per heavy atom. The lowest BCUT2D eigenvalue weighted by molar-refractivity contribution is -0.169. The minimum Gasteiger partial charge on any atom is -0.457 e. The molecule has 2 aliphatic heterocycles. The number of ether oxygens (including phenoxy) is 1. The quantitative estimate of drug-likeness (QED) is 0.418. The number of hydrogen-bond acceptors (Lipinski definition) is 2. The Hall–Kier alpha value is -0.790. The highest BCUT2D eigenvalue weighted by Gasteiger charge is 2.47. The molecule has 4 unspecified atom stereocenters. The van der Waals surface area contributed by atoms with Crippen LogP contribution in [0.1, 0.15) is 25.7 Å². The van der Waals surface area contributed by atoms with Crippen LogP contribution in [0.5, 0.6) is 0 Å². The van der Waals surface area contributed by atoms with Crippen molar-refractivity contribution in [1.29, 1.82) is 0 Å². The molecule has 4 rings (SSSR count). The van der Waals surface area contributed by atoms with Gasteiger partial charge in [-0.25, -0.2) is 0 Å². The van der Waals surface area contributed by atoms with Gasteiger partial charge in [-0.3, -0.25) is 4.79 Å². The van der Waals surface area contributed by atoms with Gasteiger partial charge >= 0.3 is 5.97 Å². The molecule has 0 aromatic carbocycles. The minimum atomic E-state index is 0.0237. The summed E-state index contributed by atoms with van der Waals surface area (Å²) in [5, 5.41) is 0. The molecule has 4 atom stereocenters. The van der Waals surface area contributed by atoms with Gasteiger partial charge in [0.15, 0.2) is 0 Å². The summed E-state index contributed by atoms with van der Waals surface area (Å²) in [4.78, 5) is 11.4. The van der Waals surface area contributed by atoms with Gasteiger partial charge in [-0.2, -0.15) is 0 Å². The van der Waals surface area contributed by atoms with E-state index in [0.717, 1.165) is 0 Å². The minimum absolute atomic E-state index is 0.0237. The molecular formula is C11H14O2. The van der Waals surface area contributed by atoms with Crippen molar-refractivity contribution >= 4 is 5.97 Å². The van der Waals surface area contributed by atoms with Crippen molar-refractivity contribution in [2.24, 2.45) is 17.8 Å². The summed E-state index contributed by atoms with van der Waals surface area (Å²) in [6.07, 6.45) is 9.38. The number of carbonyl (C=O) groups is 1. The van der Waals surface area contributed by atoms with E-state index in [2.05, 4.69) is 12.2 Å². The van der Waals surface area contributed by atoms with Gasteiger partial charge in [-0.1, -0.05) is 18.9 Å². The maximum Gasteiger partial charge on any atom is 0.313 e. The van der Waals surface area contributed by atoms with Gasteiger partial charge in [0.25, 0.3) is 0 Å². The summed E-state index contributed by atoms with van der Waals surface area (Å²) in [6, 6.07) is 0. The van der Waals surface area contributed by atoms with Crippen LogP contribution in [0.15, 0.2) is 12.2 Å². The van der Waals surface area contributed by atoms with Crippen LogP contribution in [0, 0.1) is 17.8 Å². The second-order valence-corrected chi connectivity index (χ2v) is 4.42. The smallest absolute Gasteiger partial charge is 0.313 e. The molecule has 13 heavy (non-hydrogen) atoms. The highest BCUT2D eigenvalue weighted by atomic mass is 16.5. The van der Waals surface area contributed by atoms with Crippen LogP contribution in [0.3, 0.4) is 0 Å². The Labute approximate surface area is 78.0 Å². The second-order valence-electron chi connectivity index (χ2n) is 4.42. The molecule has 0 N–H and O–H groups in total. The predicted molar refractivity (Wildman–Crippen MR) is 48.0 cm³/mol. The van der Waals surface area contributed by atoms with Crippen molar-refractivity contribution in [2.75, 3.05) is 0 Å². The second kappa shape index (κ2) is 2.60. The van der Waals surface area contributed by atoms with E-state index in [1.165, 1.54) is 25.7 Å².